The monoisotopic (exact) mass is 442 g/mol. The smallest absolute Gasteiger partial charge is 0.407 e. The Labute approximate surface area is 185 Å². The highest BCUT2D eigenvalue weighted by Gasteiger charge is 2.30. The molecular weight excluding hydrogens is 416 g/mol. The molecule has 1 unspecified atom stereocenters. The van der Waals surface area contributed by atoms with Crippen LogP contribution in [0.25, 0.3) is 11.1 Å². The van der Waals surface area contributed by atoms with Gasteiger partial charge in [0, 0.05) is 13.0 Å². The number of methoxy groups -OCH3 is 1. The lowest BCUT2D eigenvalue weighted by molar-refractivity contribution is -0.165. The number of carbonyl (C=O) groups excluding carboxylic acids is 2. The SMILES string of the molecule is CC[C@@H](NC(=O)OCC1c2ccccc2-c2ccccc21)C(=O)NOC(COC)C(=O)O. The summed E-state index contributed by atoms with van der Waals surface area (Å²) in [5, 5.41) is 11.5. The van der Waals surface area contributed by atoms with Crippen LogP contribution in [0.4, 0.5) is 4.79 Å². The Balaban J connectivity index is 1.57. The summed E-state index contributed by atoms with van der Waals surface area (Å²) in [6, 6.07) is 15.0. The van der Waals surface area contributed by atoms with Gasteiger partial charge in [-0.1, -0.05) is 55.5 Å². The number of alkyl carbamates (subject to hydrolysis) is 1. The molecule has 2 aromatic carbocycles. The number of hydrogen-bond donors (Lipinski definition) is 3. The van der Waals surface area contributed by atoms with Crippen LogP contribution in [-0.2, 0) is 23.9 Å². The van der Waals surface area contributed by atoms with Crippen LogP contribution < -0.4 is 10.8 Å². The molecule has 9 nitrogen and oxygen atoms in total. The van der Waals surface area contributed by atoms with E-state index in [2.05, 4.69) is 10.8 Å². The quantitative estimate of drug-likeness (QED) is 0.483. The van der Waals surface area contributed by atoms with Crippen molar-refractivity contribution in [1.82, 2.24) is 10.8 Å². The van der Waals surface area contributed by atoms with Crippen LogP contribution in [0.15, 0.2) is 48.5 Å². The zero-order chi connectivity index (χ0) is 23.1. The number of carbonyl (C=O) groups is 3. The molecular formula is C23H26N2O7. The number of hydrogen-bond acceptors (Lipinski definition) is 6. The second-order valence-corrected chi connectivity index (χ2v) is 7.30. The number of amides is 2. The Morgan fingerprint density at radius 3 is 2.16 bits per heavy atom. The number of hydroxylamine groups is 1. The first kappa shape index (κ1) is 23.2. The minimum absolute atomic E-state index is 0.101. The molecule has 0 fully saturated rings. The number of ether oxygens (including phenoxy) is 2. The van der Waals surface area contributed by atoms with Crippen molar-refractivity contribution in [3.8, 4) is 11.1 Å². The molecule has 0 saturated heterocycles. The van der Waals surface area contributed by atoms with Crippen LogP contribution in [0.2, 0.25) is 0 Å². The van der Waals surface area contributed by atoms with E-state index in [-0.39, 0.29) is 25.6 Å². The molecule has 2 amide bonds. The normalized spacial score (nSPS) is 14.1. The van der Waals surface area contributed by atoms with Gasteiger partial charge in [0.1, 0.15) is 12.6 Å². The molecule has 32 heavy (non-hydrogen) atoms. The van der Waals surface area contributed by atoms with Gasteiger partial charge in [-0.15, -0.1) is 0 Å². The highest BCUT2D eigenvalue weighted by Crippen LogP contribution is 2.44. The Bertz CT molecular complexity index is 933. The molecule has 0 radical (unpaired) electrons. The summed E-state index contributed by atoms with van der Waals surface area (Å²) in [6.07, 6.45) is -1.86. The van der Waals surface area contributed by atoms with Crippen LogP contribution in [-0.4, -0.2) is 55.5 Å². The average Bonchev–Trinajstić information content (AvgIpc) is 3.12. The Kier molecular flexibility index (Phi) is 7.80. The minimum Gasteiger partial charge on any atom is -0.479 e. The number of carboxylic acids is 1. The molecule has 0 bridgehead atoms. The van der Waals surface area contributed by atoms with Gasteiger partial charge in [0.25, 0.3) is 5.91 Å². The van der Waals surface area contributed by atoms with E-state index in [0.717, 1.165) is 22.3 Å². The summed E-state index contributed by atoms with van der Waals surface area (Å²) >= 11 is 0. The van der Waals surface area contributed by atoms with Crippen molar-refractivity contribution in [3.63, 3.8) is 0 Å². The van der Waals surface area contributed by atoms with Gasteiger partial charge in [-0.25, -0.2) is 15.1 Å². The van der Waals surface area contributed by atoms with Crippen molar-refractivity contribution in [2.45, 2.75) is 31.4 Å². The first-order chi connectivity index (χ1) is 15.5. The van der Waals surface area contributed by atoms with E-state index in [1.807, 2.05) is 48.5 Å². The molecule has 0 aliphatic heterocycles. The number of carboxylic acid groups (broad SMARTS) is 1. The van der Waals surface area contributed by atoms with E-state index in [9.17, 15) is 14.4 Å². The van der Waals surface area contributed by atoms with Gasteiger partial charge in [0.15, 0.2) is 0 Å². The van der Waals surface area contributed by atoms with Crippen molar-refractivity contribution < 1.29 is 33.8 Å². The van der Waals surface area contributed by atoms with Crippen LogP contribution in [0.5, 0.6) is 0 Å². The second kappa shape index (κ2) is 10.7. The molecule has 9 heteroatoms. The third kappa shape index (κ3) is 5.24. The van der Waals surface area contributed by atoms with Gasteiger partial charge in [-0.2, -0.15) is 0 Å². The molecule has 0 aromatic heterocycles. The first-order valence-electron chi connectivity index (χ1n) is 10.2. The van der Waals surface area contributed by atoms with Crippen LogP contribution in [0, 0.1) is 0 Å². The number of nitrogens with one attached hydrogen (secondary N) is 2. The highest BCUT2D eigenvalue weighted by atomic mass is 16.7. The van der Waals surface area contributed by atoms with E-state index >= 15 is 0 Å². The molecule has 2 atom stereocenters. The molecule has 2 aromatic rings. The van der Waals surface area contributed by atoms with Gasteiger partial charge in [0.05, 0.1) is 6.61 Å². The zero-order valence-electron chi connectivity index (χ0n) is 17.9. The molecule has 3 N–H and O–H groups in total. The van der Waals surface area contributed by atoms with E-state index in [4.69, 9.17) is 19.4 Å². The first-order valence-corrected chi connectivity index (χ1v) is 10.2. The van der Waals surface area contributed by atoms with Crippen LogP contribution >= 0.6 is 0 Å². The summed E-state index contributed by atoms with van der Waals surface area (Å²) < 4.78 is 10.2. The summed E-state index contributed by atoms with van der Waals surface area (Å²) in [5.74, 6) is -2.08. The summed E-state index contributed by atoms with van der Waals surface area (Å²) in [5.41, 5.74) is 6.45. The fourth-order valence-electron chi connectivity index (χ4n) is 3.64. The van der Waals surface area contributed by atoms with Gasteiger partial charge >= 0.3 is 12.1 Å². The maximum atomic E-state index is 12.4. The fourth-order valence-corrected chi connectivity index (χ4v) is 3.64. The van der Waals surface area contributed by atoms with Crippen molar-refractivity contribution >= 4 is 18.0 Å². The van der Waals surface area contributed by atoms with Crippen LogP contribution in [0.1, 0.15) is 30.4 Å². The summed E-state index contributed by atoms with van der Waals surface area (Å²) in [7, 11) is 1.31. The topological polar surface area (TPSA) is 123 Å². The fraction of sp³-hybridized carbons (Fsp3) is 0.348. The number of benzene rings is 2. The maximum Gasteiger partial charge on any atom is 0.407 e. The lowest BCUT2D eigenvalue weighted by atomic mass is 9.98. The Morgan fingerprint density at radius 1 is 1.03 bits per heavy atom. The Hall–Kier alpha value is -3.43. The molecule has 1 aliphatic carbocycles. The van der Waals surface area contributed by atoms with Crippen molar-refractivity contribution in [2.24, 2.45) is 0 Å². The summed E-state index contributed by atoms with van der Waals surface area (Å²) in [4.78, 5) is 40.6. The molecule has 3 rings (SSSR count). The van der Waals surface area contributed by atoms with E-state index < -0.39 is 30.1 Å². The minimum atomic E-state index is -1.36. The third-order valence-corrected chi connectivity index (χ3v) is 5.26. The molecule has 0 saturated carbocycles. The second-order valence-electron chi connectivity index (χ2n) is 7.30. The molecule has 0 heterocycles. The maximum absolute atomic E-state index is 12.4. The number of rotatable bonds is 10. The highest BCUT2D eigenvalue weighted by molar-refractivity contribution is 5.85. The third-order valence-electron chi connectivity index (χ3n) is 5.26. The van der Waals surface area contributed by atoms with Gasteiger partial charge < -0.3 is 19.9 Å². The molecule has 0 spiro atoms. The van der Waals surface area contributed by atoms with Crippen molar-refractivity contribution in [1.29, 1.82) is 0 Å². The van der Waals surface area contributed by atoms with Crippen LogP contribution in [0.3, 0.4) is 0 Å². The lowest BCUT2D eigenvalue weighted by Crippen LogP contribution is -2.48. The molecule has 1 aliphatic rings. The largest absolute Gasteiger partial charge is 0.479 e. The Morgan fingerprint density at radius 2 is 1.62 bits per heavy atom. The summed E-state index contributed by atoms with van der Waals surface area (Å²) in [6.45, 7) is 1.56. The van der Waals surface area contributed by atoms with Crippen molar-refractivity contribution in [3.05, 3.63) is 59.7 Å². The zero-order valence-corrected chi connectivity index (χ0v) is 17.9. The van der Waals surface area contributed by atoms with Crippen molar-refractivity contribution in [2.75, 3.05) is 20.3 Å². The average molecular weight is 442 g/mol. The van der Waals surface area contributed by atoms with E-state index in [1.165, 1.54) is 7.11 Å². The van der Waals surface area contributed by atoms with Gasteiger partial charge in [-0.3, -0.25) is 9.63 Å². The molecule has 170 valence electrons. The van der Waals surface area contributed by atoms with E-state index in [0.29, 0.717) is 0 Å². The van der Waals surface area contributed by atoms with E-state index in [1.54, 1.807) is 6.92 Å². The lowest BCUT2D eigenvalue weighted by Gasteiger charge is -2.19. The standard InChI is InChI=1S/C23H26N2O7/c1-3-19(21(26)25-32-20(13-30-2)22(27)28)24-23(29)31-12-18-16-10-6-4-8-14(16)15-9-5-7-11-17(15)18/h4-11,18-20H,3,12-13H2,1-2H3,(H,24,29)(H,25,26)(H,27,28)/t19-,20?/m1/s1. The van der Waals surface area contributed by atoms with Gasteiger partial charge in [0.2, 0.25) is 6.10 Å². The van der Waals surface area contributed by atoms with Gasteiger partial charge in [-0.05, 0) is 28.7 Å². The number of aliphatic carboxylic acids is 1. The number of fused-ring (bicyclic) bond motifs is 3. The predicted octanol–water partition coefficient (Wildman–Crippen LogP) is 2.45. The predicted molar refractivity (Wildman–Crippen MR) is 115 cm³/mol.